The predicted molar refractivity (Wildman–Crippen MR) is 151 cm³/mol. The van der Waals surface area contributed by atoms with Crippen molar-refractivity contribution in [2.75, 3.05) is 0 Å². The molecule has 0 radical (unpaired) electrons. The second-order valence-electron chi connectivity index (χ2n) is 9.01. The maximum absolute atomic E-state index is 5.15. The number of pyridine rings is 2. The molecule has 6 aromatic rings. The Balaban J connectivity index is 0.00000294. The zero-order chi connectivity index (χ0) is 24.9. The van der Waals surface area contributed by atoms with E-state index in [0.29, 0.717) is 0 Å². The molecule has 6 rings (SSSR count). The fraction of sp³-hybridized carbons (Fsp3) is 0.0286. The molecule has 0 fully saturated rings. The van der Waals surface area contributed by atoms with E-state index in [1.165, 1.54) is 0 Å². The number of aromatic nitrogens is 2. The maximum atomic E-state index is 5.15. The average molecular weight is 670 g/mol. The zero-order valence-corrected chi connectivity index (χ0v) is 23.0. The van der Waals surface area contributed by atoms with Crippen molar-refractivity contribution >= 4 is 0 Å². The van der Waals surface area contributed by atoms with Crippen LogP contribution >= 0.6 is 0 Å². The van der Waals surface area contributed by atoms with Gasteiger partial charge in [0.05, 0.1) is 11.4 Å². The third-order valence-electron chi connectivity index (χ3n) is 6.91. The van der Waals surface area contributed by atoms with Crippen LogP contribution < -0.4 is 0 Å². The zero-order valence-electron chi connectivity index (χ0n) is 20.7. The first-order valence-electron chi connectivity index (χ1n) is 12.5. The van der Waals surface area contributed by atoms with E-state index in [9.17, 15) is 0 Å². The van der Waals surface area contributed by atoms with Gasteiger partial charge >= 0.3 is 21.1 Å². The molecule has 0 N–H and O–H groups in total. The third-order valence-corrected chi connectivity index (χ3v) is 6.91. The van der Waals surface area contributed by atoms with Gasteiger partial charge in [0.2, 0.25) is 0 Å². The molecule has 38 heavy (non-hydrogen) atoms. The van der Waals surface area contributed by atoms with Gasteiger partial charge in [-0.15, -0.1) is 0 Å². The van der Waals surface area contributed by atoms with Gasteiger partial charge in [0, 0.05) is 23.5 Å². The maximum Gasteiger partial charge on any atom is 2.00 e. The van der Waals surface area contributed by atoms with Crippen LogP contribution in [0.3, 0.4) is 0 Å². The summed E-state index contributed by atoms with van der Waals surface area (Å²) in [7, 11) is 0. The molecule has 0 unspecified atom stereocenters. The summed E-state index contributed by atoms with van der Waals surface area (Å²) in [6, 6.07) is 50.7. The Bertz CT molecular complexity index is 1480. The molecule has 0 spiro atoms. The Morgan fingerprint density at radius 3 is 1.08 bits per heavy atom. The molecule has 0 aliphatic rings. The Morgan fingerprint density at radius 2 is 0.711 bits per heavy atom. The van der Waals surface area contributed by atoms with Crippen LogP contribution in [0.5, 0.6) is 0 Å². The summed E-state index contributed by atoms with van der Waals surface area (Å²) >= 11 is 0. The monoisotopic (exact) mass is 669 g/mol. The van der Waals surface area contributed by atoms with E-state index in [0.717, 1.165) is 44.8 Å². The fourth-order valence-electron chi connectivity index (χ4n) is 5.31. The summed E-state index contributed by atoms with van der Waals surface area (Å²) in [4.78, 5) is 10.3. The van der Waals surface area contributed by atoms with Crippen molar-refractivity contribution in [1.82, 2.24) is 9.97 Å². The van der Waals surface area contributed by atoms with Gasteiger partial charge in [-0.3, -0.25) is 9.97 Å². The predicted octanol–water partition coefficient (Wildman–Crippen LogP) is 8.19. The van der Waals surface area contributed by atoms with Crippen LogP contribution in [0.15, 0.2) is 158 Å². The van der Waals surface area contributed by atoms with E-state index in [2.05, 4.69) is 121 Å². The van der Waals surface area contributed by atoms with Crippen LogP contribution in [0.2, 0.25) is 0 Å². The van der Waals surface area contributed by atoms with Gasteiger partial charge in [0.15, 0.2) is 0 Å². The van der Waals surface area contributed by atoms with Crippen LogP contribution in [-0.2, 0) is 26.5 Å². The van der Waals surface area contributed by atoms with Gasteiger partial charge in [0.25, 0.3) is 0 Å². The standard InChI is InChI=1S/C35H26N2.Pt/c1-5-15-27(16-6-1)31-23-13-25-36-33(31)35(29-19-9-3-10-20-29,30-21-11-4-12-22-30)34-32(24-14-26-37-34)28-17-7-2-8-18-28;/h1-26H;/q;+2. The topological polar surface area (TPSA) is 25.8 Å². The minimum Gasteiger partial charge on any atom is -0.259 e. The first-order valence-corrected chi connectivity index (χ1v) is 12.5. The molecule has 0 aliphatic heterocycles. The van der Waals surface area contributed by atoms with Crippen LogP contribution in [0, 0.1) is 0 Å². The van der Waals surface area contributed by atoms with E-state index >= 15 is 0 Å². The van der Waals surface area contributed by atoms with E-state index in [4.69, 9.17) is 9.97 Å². The number of benzene rings is 4. The molecular weight excluding hydrogens is 643 g/mol. The van der Waals surface area contributed by atoms with Crippen molar-refractivity contribution in [2.24, 2.45) is 0 Å². The Morgan fingerprint density at radius 1 is 0.368 bits per heavy atom. The minimum atomic E-state index is -0.763. The molecular formula is C35H26N2Pt+2. The van der Waals surface area contributed by atoms with Crippen LogP contribution in [0.4, 0.5) is 0 Å². The largest absolute Gasteiger partial charge is 2.00 e. The Labute approximate surface area is 238 Å². The quantitative estimate of drug-likeness (QED) is 0.179. The Hall–Kier alpha value is -4.13. The van der Waals surface area contributed by atoms with Gasteiger partial charge in [0.1, 0.15) is 5.41 Å². The molecule has 2 nitrogen and oxygen atoms in total. The molecule has 2 aromatic heterocycles. The molecule has 4 aromatic carbocycles. The van der Waals surface area contributed by atoms with Gasteiger partial charge in [-0.05, 0) is 34.4 Å². The molecule has 0 saturated heterocycles. The van der Waals surface area contributed by atoms with Crippen molar-refractivity contribution < 1.29 is 21.1 Å². The van der Waals surface area contributed by atoms with E-state index in [1.807, 2.05) is 36.7 Å². The van der Waals surface area contributed by atoms with Crippen molar-refractivity contribution in [3.05, 3.63) is 181 Å². The van der Waals surface area contributed by atoms with Crippen LogP contribution in [0.1, 0.15) is 22.5 Å². The molecule has 0 saturated carbocycles. The van der Waals surface area contributed by atoms with Gasteiger partial charge < -0.3 is 0 Å². The van der Waals surface area contributed by atoms with Gasteiger partial charge in [-0.2, -0.15) is 0 Å². The minimum absolute atomic E-state index is 0. The summed E-state index contributed by atoms with van der Waals surface area (Å²) in [5, 5.41) is 0. The van der Waals surface area contributed by atoms with Gasteiger partial charge in [-0.1, -0.05) is 133 Å². The van der Waals surface area contributed by atoms with Crippen LogP contribution in [0.25, 0.3) is 22.3 Å². The summed E-state index contributed by atoms with van der Waals surface area (Å²) in [6.07, 6.45) is 3.79. The first-order chi connectivity index (χ1) is 18.4. The molecule has 0 atom stereocenters. The number of rotatable bonds is 6. The van der Waals surface area contributed by atoms with Gasteiger partial charge in [-0.25, -0.2) is 0 Å². The molecule has 0 bridgehead atoms. The van der Waals surface area contributed by atoms with Crippen molar-refractivity contribution in [2.45, 2.75) is 5.41 Å². The fourth-order valence-corrected chi connectivity index (χ4v) is 5.31. The first kappa shape index (κ1) is 25.5. The summed E-state index contributed by atoms with van der Waals surface area (Å²) in [5.41, 5.74) is 7.80. The molecule has 2 heterocycles. The third kappa shape index (κ3) is 4.53. The van der Waals surface area contributed by atoms with E-state index < -0.39 is 5.41 Å². The second kappa shape index (κ2) is 11.5. The Kier molecular flexibility index (Phi) is 7.72. The average Bonchev–Trinajstić information content (AvgIpc) is 3.00. The molecule has 3 heteroatoms. The number of hydrogen-bond donors (Lipinski definition) is 0. The summed E-state index contributed by atoms with van der Waals surface area (Å²) in [6.45, 7) is 0. The summed E-state index contributed by atoms with van der Waals surface area (Å²) in [5.74, 6) is 0. The van der Waals surface area contributed by atoms with Crippen LogP contribution in [-0.4, -0.2) is 9.97 Å². The second-order valence-corrected chi connectivity index (χ2v) is 9.01. The smallest absolute Gasteiger partial charge is 0.259 e. The van der Waals surface area contributed by atoms with Crippen molar-refractivity contribution in [1.29, 1.82) is 0 Å². The van der Waals surface area contributed by atoms with Crippen molar-refractivity contribution in [3.63, 3.8) is 0 Å². The van der Waals surface area contributed by atoms with E-state index in [1.54, 1.807) is 0 Å². The van der Waals surface area contributed by atoms with E-state index in [-0.39, 0.29) is 21.1 Å². The molecule has 0 aliphatic carbocycles. The molecule has 0 amide bonds. The van der Waals surface area contributed by atoms with Crippen molar-refractivity contribution in [3.8, 4) is 22.3 Å². The number of hydrogen-bond acceptors (Lipinski definition) is 2. The normalized spacial score (nSPS) is 10.9. The summed E-state index contributed by atoms with van der Waals surface area (Å²) < 4.78 is 0. The number of nitrogens with zero attached hydrogens (tertiary/aromatic N) is 2. The molecule has 184 valence electrons. The SMILES string of the molecule is [Pt+2].c1ccc(-c2cccnc2C(c2ccccc2)(c2ccccc2)c2ncccc2-c2ccccc2)cc1.